The molecule has 32 nitrogen and oxygen atoms in total. The number of esters is 3. The molecule has 644 valence electrons. The predicted molar refractivity (Wildman–Crippen MR) is 444 cm³/mol. The molecule has 13 rings (SSSR count). The lowest BCUT2D eigenvalue weighted by molar-refractivity contribution is -0.148. The molecule has 5 aromatic rings. The van der Waals surface area contributed by atoms with Crippen LogP contribution in [0.15, 0.2) is 108 Å². The van der Waals surface area contributed by atoms with E-state index in [9.17, 15) is 58.2 Å². The topological polar surface area (TPSA) is 371 Å². The number of oxime groups is 2. The van der Waals surface area contributed by atoms with Crippen molar-refractivity contribution in [2.75, 3.05) is 195 Å². The number of nitrogens with zero attached hydrogens (tertiary/aromatic N) is 10. The summed E-state index contributed by atoms with van der Waals surface area (Å²) in [7, 11) is -15.7. The summed E-state index contributed by atoms with van der Waals surface area (Å²) in [5, 5.41) is 24.2. The van der Waals surface area contributed by atoms with Gasteiger partial charge in [-0.15, -0.1) is 4.91 Å². The lowest BCUT2D eigenvalue weighted by atomic mass is 9.83. The number of benzene rings is 5. The lowest BCUT2D eigenvalue weighted by Gasteiger charge is -2.34. The van der Waals surface area contributed by atoms with Gasteiger partial charge in [-0.05, 0) is 127 Å². The van der Waals surface area contributed by atoms with E-state index in [0.29, 0.717) is 170 Å². The Labute approximate surface area is 695 Å². The van der Waals surface area contributed by atoms with Crippen molar-refractivity contribution >= 4 is 118 Å². The second-order valence-corrected chi connectivity index (χ2v) is 40.9. The van der Waals surface area contributed by atoms with Gasteiger partial charge in [-0.1, -0.05) is 106 Å². The van der Waals surface area contributed by atoms with Crippen LogP contribution in [0, 0.1) is 52.3 Å². The van der Waals surface area contributed by atoms with E-state index >= 15 is 0 Å². The minimum absolute atomic E-state index is 0.00880. The Kier molecular flexibility index (Phi) is 32.0. The first-order valence-corrected chi connectivity index (χ1v) is 47.2. The van der Waals surface area contributed by atoms with Crippen molar-refractivity contribution in [3.63, 3.8) is 0 Å². The van der Waals surface area contributed by atoms with Crippen LogP contribution in [0.3, 0.4) is 0 Å². The molecule has 8 atom stereocenters. The van der Waals surface area contributed by atoms with Gasteiger partial charge in [0.05, 0.1) is 84.5 Å². The molecule has 37 heteroatoms. The number of nitroso groups, excluding NO2 is 1. The summed E-state index contributed by atoms with van der Waals surface area (Å²) in [4.78, 5) is 66.2. The average molecular weight is 1770 g/mol. The first-order valence-electron chi connectivity index (χ1n) is 40.3. The predicted octanol–water partition coefficient (Wildman–Crippen LogP) is 8.40. The zero-order valence-corrected chi connectivity index (χ0v) is 72.8. The highest BCUT2D eigenvalue weighted by Gasteiger charge is 2.40. The summed E-state index contributed by atoms with van der Waals surface area (Å²) in [5.74, 6) is 0.533. The first-order chi connectivity index (χ1) is 55.9. The van der Waals surface area contributed by atoms with Gasteiger partial charge in [-0.2, -0.15) is 17.2 Å². The number of carbonyl (C=O) groups excluding carboxylic acids is 3. The van der Waals surface area contributed by atoms with Crippen LogP contribution in [0.4, 0.5) is 11.4 Å². The van der Waals surface area contributed by atoms with Crippen molar-refractivity contribution in [2.24, 2.45) is 62.8 Å². The van der Waals surface area contributed by atoms with E-state index in [4.69, 9.17) is 38.1 Å². The number of rotatable bonds is 26. The van der Waals surface area contributed by atoms with Crippen LogP contribution in [0.2, 0.25) is 0 Å². The molecule has 0 aromatic heterocycles. The summed E-state index contributed by atoms with van der Waals surface area (Å²) in [6.45, 7) is 27.7. The Morgan fingerprint density at radius 3 is 0.983 bits per heavy atom. The molecule has 0 amide bonds. The van der Waals surface area contributed by atoms with Crippen LogP contribution in [0.25, 0.3) is 21.5 Å². The van der Waals surface area contributed by atoms with E-state index in [1.165, 1.54) is 77.9 Å². The first kappa shape index (κ1) is 91.0. The number of nitrogens with one attached hydrogen (secondary N) is 1. The van der Waals surface area contributed by atoms with Crippen molar-refractivity contribution in [1.82, 2.24) is 31.9 Å². The number of ether oxygens (including phenoxy) is 6. The Bertz CT molecular complexity index is 4610. The lowest BCUT2D eigenvalue weighted by Crippen LogP contribution is -2.42. The van der Waals surface area contributed by atoms with Gasteiger partial charge in [0.15, 0.2) is 13.2 Å². The van der Waals surface area contributed by atoms with Crippen molar-refractivity contribution in [1.29, 1.82) is 0 Å². The maximum Gasteiger partial charge on any atom is 0.320 e. The highest BCUT2D eigenvalue weighted by Crippen LogP contribution is 2.45. The van der Waals surface area contributed by atoms with Crippen molar-refractivity contribution in [2.45, 2.75) is 101 Å². The molecule has 7 heterocycles. The number of anilines is 1. The number of hydrogen-bond acceptors (Lipinski definition) is 28. The number of hydrogen-bond donors (Lipinski definition) is 2. The smallest absolute Gasteiger partial charge is 0.320 e. The standard InChI is InChI=1S/C44H62N6O12S2.C28H36N4O6S2.C8H14BrNO3/c1-31-21-32(2)26-49(25-31)63(53,54)35-5-7-37-39(23-35)44(46-62-20-18-60-42(52)30-48-11-15-58-16-12-48)40-24-36(64(55,56)50-27-33(3)22-34(4)28-50)6-8-38(40)43(37)45-61-19-17-59-41(51)29-47-9-13-57-14-10-47;1-17-9-18(2)14-31(13-17)39(35,36)21-5-7-23-25(11-21)28(30-34)26-12-22(6-8-24(26)27(23)29-33)40(37,38)32-15-19(3)10-20(4)16-32;9-1-4-13-8(11)7-10-2-5-12-6-3-10/h5-8,23-24,31-34H,9-22,25-30H2,1-4H3;5-8,11-12,17-20,29,33H,9-10,13-16H2,1-4H3;1-7H2/t31-,32+,33-,34+;17-,18+,19-,20+;. The fourth-order valence-electron chi connectivity index (χ4n) is 16.9. The fraction of sp³-hybridized carbons (Fsp3) is 0.613. The molecule has 5 aromatic carbocycles. The molecule has 8 aliphatic rings. The Balaban J connectivity index is 0.000000213. The van der Waals surface area contributed by atoms with Gasteiger partial charge in [0.25, 0.3) is 0 Å². The molecule has 117 heavy (non-hydrogen) atoms. The highest BCUT2D eigenvalue weighted by molar-refractivity contribution is 9.09. The van der Waals surface area contributed by atoms with Crippen LogP contribution < -0.4 is 5.48 Å². The third-order valence-electron chi connectivity index (χ3n) is 22.0. The van der Waals surface area contributed by atoms with Crippen molar-refractivity contribution < 1.29 is 91.4 Å². The molecule has 7 aliphatic heterocycles. The van der Waals surface area contributed by atoms with Gasteiger partial charge < -0.3 is 38.1 Å². The van der Waals surface area contributed by atoms with E-state index in [-0.39, 0.29) is 146 Å². The van der Waals surface area contributed by atoms with E-state index < -0.39 is 52.0 Å². The van der Waals surface area contributed by atoms with E-state index in [0.717, 1.165) is 38.8 Å². The van der Waals surface area contributed by atoms with Crippen LogP contribution >= 0.6 is 15.9 Å². The maximum atomic E-state index is 14.3. The molecule has 0 spiro atoms. The molecular weight excluding hydrogens is 1660 g/mol. The number of carbonyl (C=O) groups is 3. The van der Waals surface area contributed by atoms with Gasteiger partial charge in [-0.25, -0.2) is 33.7 Å². The highest BCUT2D eigenvalue weighted by atomic mass is 79.9. The summed E-state index contributed by atoms with van der Waals surface area (Å²) in [6, 6.07) is 18.1. The second-order valence-electron chi connectivity index (χ2n) is 32.4. The van der Waals surface area contributed by atoms with Crippen LogP contribution in [-0.4, -0.2) is 289 Å². The molecule has 7 fully saturated rings. The summed E-state index contributed by atoms with van der Waals surface area (Å²) in [5.41, 5.74) is 4.28. The molecule has 0 unspecified atom stereocenters. The number of fused-ring (bicyclic) bond motifs is 4. The third-order valence-corrected chi connectivity index (χ3v) is 29.7. The summed E-state index contributed by atoms with van der Waals surface area (Å²) in [6.07, 6.45) is 3.72. The van der Waals surface area contributed by atoms with Crippen molar-refractivity contribution in [3.05, 3.63) is 100.0 Å². The number of morpholine rings is 3. The minimum atomic E-state index is -3.99. The molecule has 0 radical (unpaired) electrons. The van der Waals surface area contributed by atoms with Crippen molar-refractivity contribution in [3.8, 4) is 0 Å². The third kappa shape index (κ3) is 23.1. The van der Waals surface area contributed by atoms with Gasteiger partial charge in [0.2, 0.25) is 40.1 Å². The molecule has 0 bridgehead atoms. The maximum absolute atomic E-state index is 14.3. The number of sulfonamides is 4. The monoisotopic (exact) mass is 1770 g/mol. The zero-order valence-electron chi connectivity index (χ0n) is 68.0. The fourth-order valence-corrected chi connectivity index (χ4v) is 23.9. The number of alkyl halides is 1. The Morgan fingerprint density at radius 2 is 0.692 bits per heavy atom. The quantitative estimate of drug-likeness (QED) is 0.00978. The molecule has 1 aliphatic carbocycles. The molecular formula is C80H112BrN11O21S4. The minimum Gasteiger partial charge on any atom is -0.464 e. The van der Waals surface area contributed by atoms with Crippen LogP contribution in [-0.2, 0) is 92.6 Å². The molecule has 2 N–H and O–H groups in total. The normalized spacial score (nSPS) is 23.8. The average Bonchev–Trinajstić information content (AvgIpc) is 0.736. The van der Waals surface area contributed by atoms with E-state index in [1.54, 1.807) is 12.1 Å². The summed E-state index contributed by atoms with van der Waals surface area (Å²) >= 11 is 3.19. The van der Waals surface area contributed by atoms with Crippen LogP contribution in [0.5, 0.6) is 0 Å². The SMILES string of the molecule is C[C@@H]1C[C@H](C)CN(S(=O)(=O)c2ccc3c(NO)c4ccc(S(=O)(=O)N5C[C@H](C)C[C@H](C)C5)cc4c(N=O)c3c2)C1.C[C@@H]1C[C@H](C)CN(S(=O)(=O)c2ccc3c(c2)C(=NOCCOC(=O)CN2CCOCC2)c2cc(S(=O)(=O)N4C[C@H](C)C[C@H](C)C4)ccc2C3=NOCCOC(=O)CN2CCOCC2)C1.O=C(CN1CCOCC1)OCCBr. The van der Waals surface area contributed by atoms with E-state index in [2.05, 4.69) is 36.9 Å². The second kappa shape index (κ2) is 41.2. The number of piperidine rings is 4. The van der Waals surface area contributed by atoms with E-state index in [1.807, 2.05) is 70.1 Å². The van der Waals surface area contributed by atoms with Gasteiger partial charge >= 0.3 is 17.9 Å². The Morgan fingerprint density at radius 1 is 0.410 bits per heavy atom. The largest absolute Gasteiger partial charge is 0.464 e. The zero-order chi connectivity index (χ0) is 83.9. The Hall–Kier alpha value is -6.79. The van der Waals surface area contributed by atoms with Gasteiger partial charge in [0.1, 0.15) is 36.9 Å². The van der Waals surface area contributed by atoms with Gasteiger partial charge in [-0.3, -0.25) is 39.8 Å². The van der Waals surface area contributed by atoms with Gasteiger partial charge in [0, 0.05) is 141 Å². The summed E-state index contributed by atoms with van der Waals surface area (Å²) < 4.78 is 150. The molecule has 7 saturated heterocycles. The van der Waals surface area contributed by atoms with Crippen LogP contribution in [0.1, 0.15) is 103 Å². The number of halogens is 1. The molecule has 0 saturated carbocycles.